The fourth-order valence-corrected chi connectivity index (χ4v) is 6.63. The standard InChI is InChI=1S/C34H31F2N5O6S/c35-25-13-16-29(36)24(21-25)22-38-33(43)34(17-20-48(44,45)27-7-2-1-3-8-27)31(28-9-4-5-10-30(28)40-41-37)47-32(39-34)23-11-14-26(15-12-23)46-19-6-18-42/h1-5,7-16,21,31,42H,6,17-20,22H2,(H,38,43)/t31-,34-/m1/s1. The van der Waals surface area contributed by atoms with Gasteiger partial charge in [0.2, 0.25) is 5.90 Å². The number of ether oxygens (including phenoxy) is 2. The van der Waals surface area contributed by atoms with E-state index in [1.165, 1.54) is 18.2 Å². The van der Waals surface area contributed by atoms with Gasteiger partial charge in [0.25, 0.3) is 5.91 Å². The van der Waals surface area contributed by atoms with Gasteiger partial charge in [-0.2, -0.15) is 0 Å². The van der Waals surface area contributed by atoms with Crippen molar-refractivity contribution in [3.05, 3.63) is 136 Å². The highest BCUT2D eigenvalue weighted by atomic mass is 32.2. The molecule has 11 nitrogen and oxygen atoms in total. The number of amides is 1. The van der Waals surface area contributed by atoms with Crippen molar-refractivity contribution in [3.63, 3.8) is 0 Å². The fraction of sp³-hybridized carbons (Fsp3) is 0.235. The van der Waals surface area contributed by atoms with Crippen LogP contribution in [-0.2, 0) is 25.9 Å². The summed E-state index contributed by atoms with van der Waals surface area (Å²) in [6, 6.07) is 23.4. The normalized spacial score (nSPS) is 17.1. The van der Waals surface area contributed by atoms with Gasteiger partial charge in [0, 0.05) is 53.3 Å². The quantitative estimate of drug-likeness (QED) is 0.0710. The van der Waals surface area contributed by atoms with Crippen molar-refractivity contribution in [1.82, 2.24) is 5.32 Å². The number of aliphatic hydroxyl groups excluding tert-OH is 1. The fourth-order valence-electron chi connectivity index (χ4n) is 5.24. The number of nitrogens with one attached hydrogen (secondary N) is 1. The van der Waals surface area contributed by atoms with Crippen LogP contribution in [0.1, 0.15) is 35.6 Å². The van der Waals surface area contributed by atoms with Gasteiger partial charge in [-0.25, -0.2) is 22.2 Å². The van der Waals surface area contributed by atoms with Gasteiger partial charge in [-0.1, -0.05) is 47.6 Å². The minimum Gasteiger partial charge on any atom is -0.494 e. The lowest BCUT2D eigenvalue weighted by Crippen LogP contribution is -2.49. The highest BCUT2D eigenvalue weighted by molar-refractivity contribution is 7.91. The maximum atomic E-state index is 14.6. The Bertz CT molecular complexity index is 1950. The number of carbonyl (C=O) groups is 1. The maximum absolute atomic E-state index is 14.6. The summed E-state index contributed by atoms with van der Waals surface area (Å²) in [5.41, 5.74) is 7.96. The predicted molar refractivity (Wildman–Crippen MR) is 173 cm³/mol. The third-order valence-corrected chi connectivity index (χ3v) is 9.43. The molecule has 0 fully saturated rings. The van der Waals surface area contributed by atoms with Crippen LogP contribution in [0.5, 0.6) is 5.75 Å². The van der Waals surface area contributed by atoms with E-state index in [1.807, 2.05) is 0 Å². The van der Waals surface area contributed by atoms with Gasteiger partial charge < -0.3 is 19.9 Å². The summed E-state index contributed by atoms with van der Waals surface area (Å²) in [6.07, 6.45) is -1.27. The number of azide groups is 1. The number of hydrogen-bond acceptors (Lipinski definition) is 8. The van der Waals surface area contributed by atoms with E-state index in [9.17, 15) is 27.5 Å². The summed E-state index contributed by atoms with van der Waals surface area (Å²) in [5.74, 6) is -2.34. The third kappa shape index (κ3) is 7.63. The van der Waals surface area contributed by atoms with E-state index in [4.69, 9.17) is 19.6 Å². The zero-order chi connectivity index (χ0) is 34.1. The summed E-state index contributed by atoms with van der Waals surface area (Å²) in [6.45, 7) is -0.181. The van der Waals surface area contributed by atoms with Crippen LogP contribution >= 0.6 is 0 Å². The summed E-state index contributed by atoms with van der Waals surface area (Å²) in [7, 11) is -3.95. The number of nitrogens with zero attached hydrogens (tertiary/aromatic N) is 4. The molecule has 2 N–H and O–H groups in total. The number of aliphatic hydroxyl groups is 1. The van der Waals surface area contributed by atoms with Crippen LogP contribution in [0.2, 0.25) is 0 Å². The van der Waals surface area contributed by atoms with Gasteiger partial charge in [0.05, 0.1) is 17.3 Å². The molecule has 248 valence electrons. The molecule has 2 atom stereocenters. The molecule has 0 spiro atoms. The SMILES string of the molecule is [N-]=[N+]=Nc1ccccc1[C@H]1OC(c2ccc(OCCCO)cc2)=N[C@@]1(CCS(=O)(=O)c1ccccc1)C(=O)NCc1cc(F)ccc1F. The second-order valence-electron chi connectivity index (χ2n) is 10.8. The van der Waals surface area contributed by atoms with E-state index in [0.717, 1.165) is 18.2 Å². The summed E-state index contributed by atoms with van der Waals surface area (Å²) >= 11 is 0. The maximum Gasteiger partial charge on any atom is 0.252 e. The largest absolute Gasteiger partial charge is 0.494 e. The number of sulfone groups is 1. The molecule has 0 bridgehead atoms. The molecule has 1 aliphatic heterocycles. The van der Waals surface area contributed by atoms with Crippen molar-refractivity contribution in [2.45, 2.75) is 35.9 Å². The highest BCUT2D eigenvalue weighted by Gasteiger charge is 2.54. The van der Waals surface area contributed by atoms with Crippen molar-refractivity contribution in [2.24, 2.45) is 10.1 Å². The topological polar surface area (TPSA) is 163 Å². The molecule has 0 saturated carbocycles. The van der Waals surface area contributed by atoms with Gasteiger partial charge in [0.1, 0.15) is 17.4 Å². The molecule has 14 heteroatoms. The predicted octanol–water partition coefficient (Wildman–Crippen LogP) is 6.11. The van der Waals surface area contributed by atoms with Crippen LogP contribution in [-0.4, -0.2) is 49.8 Å². The van der Waals surface area contributed by atoms with Crippen LogP contribution in [0.4, 0.5) is 14.5 Å². The van der Waals surface area contributed by atoms with Gasteiger partial charge in [-0.05, 0) is 60.1 Å². The van der Waals surface area contributed by atoms with Gasteiger partial charge in [0.15, 0.2) is 21.5 Å². The summed E-state index contributed by atoms with van der Waals surface area (Å²) in [4.78, 5) is 22.0. The van der Waals surface area contributed by atoms with E-state index >= 15 is 0 Å². The first-order valence-corrected chi connectivity index (χ1v) is 16.6. The third-order valence-electron chi connectivity index (χ3n) is 7.70. The zero-order valence-electron chi connectivity index (χ0n) is 25.5. The Morgan fingerprint density at radius 3 is 2.50 bits per heavy atom. The van der Waals surface area contributed by atoms with E-state index < -0.39 is 57.7 Å². The molecule has 4 aromatic carbocycles. The minimum atomic E-state index is -3.95. The Hall–Kier alpha value is -5.30. The lowest BCUT2D eigenvalue weighted by Gasteiger charge is -2.31. The van der Waals surface area contributed by atoms with E-state index in [1.54, 1.807) is 60.7 Å². The van der Waals surface area contributed by atoms with Crippen molar-refractivity contribution < 1.29 is 36.6 Å². The van der Waals surface area contributed by atoms with Crippen molar-refractivity contribution in [3.8, 4) is 5.75 Å². The highest BCUT2D eigenvalue weighted by Crippen LogP contribution is 2.46. The summed E-state index contributed by atoms with van der Waals surface area (Å²) in [5, 5.41) is 15.4. The monoisotopic (exact) mass is 675 g/mol. The smallest absolute Gasteiger partial charge is 0.252 e. The van der Waals surface area contributed by atoms with Crippen LogP contribution in [0.15, 0.2) is 112 Å². The number of aliphatic imine (C=N–C) groups is 1. The average Bonchev–Trinajstić information content (AvgIpc) is 3.49. The van der Waals surface area contributed by atoms with Crippen molar-refractivity contribution >= 4 is 27.3 Å². The molecule has 0 saturated heterocycles. The Morgan fingerprint density at radius 2 is 1.77 bits per heavy atom. The molecule has 1 amide bonds. The molecular weight excluding hydrogens is 644 g/mol. The van der Waals surface area contributed by atoms with Crippen molar-refractivity contribution in [2.75, 3.05) is 19.0 Å². The Kier molecular flexibility index (Phi) is 10.7. The van der Waals surface area contributed by atoms with Gasteiger partial charge >= 0.3 is 0 Å². The minimum absolute atomic E-state index is 0.0122. The number of halogens is 2. The second-order valence-corrected chi connectivity index (χ2v) is 12.9. The first-order chi connectivity index (χ1) is 23.2. The lowest BCUT2D eigenvalue weighted by atomic mass is 9.84. The van der Waals surface area contributed by atoms with Crippen LogP contribution in [0.25, 0.3) is 10.4 Å². The molecular formula is C34H31F2N5O6S. The number of hydrogen-bond donors (Lipinski definition) is 2. The van der Waals surface area contributed by atoms with Crippen LogP contribution in [0.3, 0.4) is 0 Å². The average molecular weight is 676 g/mol. The van der Waals surface area contributed by atoms with E-state index in [0.29, 0.717) is 17.7 Å². The lowest BCUT2D eigenvalue weighted by molar-refractivity contribution is -0.129. The summed E-state index contributed by atoms with van der Waals surface area (Å²) < 4.78 is 67.5. The molecule has 0 aromatic heterocycles. The number of rotatable bonds is 14. The van der Waals surface area contributed by atoms with Gasteiger partial charge in [-0.3, -0.25) is 4.79 Å². The molecule has 0 aliphatic carbocycles. The second kappa shape index (κ2) is 15.1. The molecule has 1 aliphatic rings. The van der Waals surface area contributed by atoms with Crippen molar-refractivity contribution in [1.29, 1.82) is 0 Å². The number of benzene rings is 4. The Balaban J connectivity index is 1.61. The van der Waals surface area contributed by atoms with Crippen LogP contribution < -0.4 is 10.1 Å². The Morgan fingerprint density at radius 1 is 1.04 bits per heavy atom. The molecule has 0 unspecified atom stereocenters. The Labute approximate surface area is 275 Å². The van der Waals surface area contributed by atoms with Gasteiger partial charge in [-0.15, -0.1) is 0 Å². The molecule has 4 aromatic rings. The molecule has 1 heterocycles. The zero-order valence-corrected chi connectivity index (χ0v) is 26.3. The van der Waals surface area contributed by atoms with E-state index in [-0.39, 0.29) is 40.8 Å². The number of carbonyl (C=O) groups excluding carboxylic acids is 1. The van der Waals surface area contributed by atoms with E-state index in [2.05, 4.69) is 15.3 Å². The first-order valence-electron chi connectivity index (χ1n) is 14.9. The molecule has 0 radical (unpaired) electrons. The first kappa shape index (κ1) is 34.0. The van der Waals surface area contributed by atoms with Crippen LogP contribution in [0, 0.1) is 11.6 Å². The molecule has 48 heavy (non-hydrogen) atoms. The molecule has 5 rings (SSSR count).